The van der Waals surface area contributed by atoms with Crippen molar-refractivity contribution in [1.82, 2.24) is 0 Å². The standard InChI is InChI=1S/3Al.La.Mg.11H/q;;;;+2;;;;;;;;;;2*-1. The van der Waals surface area contributed by atoms with Crippen molar-refractivity contribution >= 4 is 75.1 Å². The second-order valence-corrected chi connectivity index (χ2v) is 0. The molecule has 0 aromatic rings. The summed E-state index contributed by atoms with van der Waals surface area (Å²) in [5, 5.41) is 0. The molecular formula is H11Al3LaMg. The summed E-state index contributed by atoms with van der Waals surface area (Å²) in [7, 11) is 0. The van der Waals surface area contributed by atoms with Crippen molar-refractivity contribution in [1.29, 1.82) is 0 Å². The number of hydrogen-bond donors (Lipinski definition) is 0. The Hall–Kier alpha value is 3.56. The van der Waals surface area contributed by atoms with E-state index in [0.717, 1.165) is 0 Å². The molecule has 0 heterocycles. The Kier molecular flexibility index (Phi) is 198. The fraction of sp³-hybridized carbons (Fsp3) is 0. The summed E-state index contributed by atoms with van der Waals surface area (Å²) in [4.78, 5) is 0. The first-order chi connectivity index (χ1) is 0. The van der Waals surface area contributed by atoms with Crippen LogP contribution in [0.1, 0.15) is 2.85 Å². The van der Waals surface area contributed by atoms with Gasteiger partial charge in [0.1, 0.15) is 0 Å². The van der Waals surface area contributed by atoms with Crippen molar-refractivity contribution in [3.8, 4) is 0 Å². The van der Waals surface area contributed by atoms with E-state index in [9.17, 15) is 0 Å². The zero-order valence-electron chi connectivity index (χ0n) is 3.28. The predicted octanol–water partition coefficient (Wildman–Crippen LogP) is -3.71. The molecule has 0 aromatic heterocycles. The molecule has 0 fully saturated rings. The van der Waals surface area contributed by atoms with Crippen LogP contribution >= 0.6 is 0 Å². The molecule has 5 heteroatoms. The van der Waals surface area contributed by atoms with Crippen molar-refractivity contribution in [2.24, 2.45) is 0 Å². The van der Waals surface area contributed by atoms with Gasteiger partial charge in [-0.05, 0) is 0 Å². The average Bonchev–Trinajstić information content (AvgIpc) is 0. The van der Waals surface area contributed by atoms with Gasteiger partial charge in [0.15, 0.2) is 52.1 Å². The Balaban J connectivity index is 0. The van der Waals surface area contributed by atoms with Crippen LogP contribution in [0, 0.1) is 35.6 Å². The van der Waals surface area contributed by atoms with E-state index in [2.05, 4.69) is 0 Å². The summed E-state index contributed by atoms with van der Waals surface area (Å²) >= 11 is 0. The Morgan fingerprint density at radius 2 is 0.800 bits per heavy atom. The van der Waals surface area contributed by atoms with Crippen molar-refractivity contribution in [2.45, 2.75) is 0 Å². The van der Waals surface area contributed by atoms with Gasteiger partial charge in [0, 0.05) is 35.6 Å². The number of rotatable bonds is 0. The molecular weight excluding hydrogens is 244 g/mol. The summed E-state index contributed by atoms with van der Waals surface area (Å²) < 4.78 is 0. The normalized spacial score (nSPS) is 0. The van der Waals surface area contributed by atoms with E-state index in [4.69, 9.17) is 0 Å². The second kappa shape index (κ2) is 25.7. The minimum Gasteiger partial charge on any atom is -1.00 e. The van der Waals surface area contributed by atoms with Gasteiger partial charge >= 0.3 is 23.1 Å². The van der Waals surface area contributed by atoms with Crippen LogP contribution in [0.15, 0.2) is 0 Å². The number of hydrogen-bond acceptors (Lipinski definition) is 0. The van der Waals surface area contributed by atoms with Crippen molar-refractivity contribution < 1.29 is 38.5 Å². The SMILES string of the molecule is [AlH3].[AlH3].[AlH3].[H-].[H-].[La].[Mg+2]. The zero-order chi connectivity index (χ0) is 0. The molecule has 0 saturated carbocycles. The third kappa shape index (κ3) is 18.4. The Bertz CT molecular complexity index is 12.9. The molecule has 1 radical (unpaired) electrons. The molecule has 0 spiro atoms. The molecule has 0 nitrogen and oxygen atoms in total. The van der Waals surface area contributed by atoms with Crippen molar-refractivity contribution in [2.75, 3.05) is 0 Å². The average molecular weight is 255 g/mol. The van der Waals surface area contributed by atoms with E-state index in [1.165, 1.54) is 0 Å². The van der Waals surface area contributed by atoms with Crippen LogP contribution in [0.4, 0.5) is 0 Å². The maximum atomic E-state index is 0. The fourth-order valence-electron chi connectivity index (χ4n) is 0. The van der Waals surface area contributed by atoms with Gasteiger partial charge in [-0.3, -0.25) is 0 Å². The fourth-order valence-corrected chi connectivity index (χ4v) is 0. The first-order valence-electron chi connectivity index (χ1n) is 0. The summed E-state index contributed by atoms with van der Waals surface area (Å²) in [5.41, 5.74) is 0. The molecule has 25 valence electrons. The van der Waals surface area contributed by atoms with E-state index < -0.39 is 0 Å². The molecule has 0 aromatic carbocycles. The van der Waals surface area contributed by atoms with E-state index in [1.54, 1.807) is 0 Å². The summed E-state index contributed by atoms with van der Waals surface area (Å²) in [5.74, 6) is 0. The third-order valence-electron chi connectivity index (χ3n) is 0. The Morgan fingerprint density at radius 1 is 0.800 bits per heavy atom. The van der Waals surface area contributed by atoms with E-state index in [-0.39, 0.29) is 114 Å². The summed E-state index contributed by atoms with van der Waals surface area (Å²) in [6.07, 6.45) is 0. The summed E-state index contributed by atoms with van der Waals surface area (Å²) in [6.45, 7) is 0. The van der Waals surface area contributed by atoms with Gasteiger partial charge in [0.25, 0.3) is 0 Å². The maximum absolute atomic E-state index is 0. The maximum Gasteiger partial charge on any atom is 2.00 e. The monoisotopic (exact) mass is 255 g/mol. The minimum absolute atomic E-state index is 0. The molecule has 0 amide bonds. The van der Waals surface area contributed by atoms with Crippen LogP contribution in [0.25, 0.3) is 0 Å². The second-order valence-electron chi connectivity index (χ2n) is 0. The Labute approximate surface area is 111 Å². The molecule has 0 rings (SSSR count). The molecule has 0 aliphatic carbocycles. The van der Waals surface area contributed by atoms with Gasteiger partial charge in [-0.15, -0.1) is 0 Å². The molecule has 0 N–H and O–H groups in total. The van der Waals surface area contributed by atoms with Crippen LogP contribution < -0.4 is 0 Å². The minimum atomic E-state index is 0. The molecule has 0 unspecified atom stereocenters. The third-order valence-corrected chi connectivity index (χ3v) is 0. The molecule has 0 saturated heterocycles. The molecule has 0 aliphatic rings. The van der Waals surface area contributed by atoms with E-state index in [1.807, 2.05) is 0 Å². The predicted molar refractivity (Wildman–Crippen MR) is 37.8 cm³/mol. The van der Waals surface area contributed by atoms with Crippen LogP contribution in [0.5, 0.6) is 0 Å². The van der Waals surface area contributed by atoms with Gasteiger partial charge in [0.05, 0.1) is 0 Å². The van der Waals surface area contributed by atoms with Gasteiger partial charge in [-0.2, -0.15) is 0 Å². The van der Waals surface area contributed by atoms with Gasteiger partial charge in [0.2, 0.25) is 0 Å². The molecule has 0 bridgehead atoms. The van der Waals surface area contributed by atoms with Gasteiger partial charge < -0.3 is 2.85 Å². The first kappa shape index (κ1) is 38.6. The topological polar surface area (TPSA) is 0 Å². The first-order valence-corrected chi connectivity index (χ1v) is 0. The smallest absolute Gasteiger partial charge is 1.00 e. The quantitative estimate of drug-likeness (QED) is 0.391. The van der Waals surface area contributed by atoms with Crippen LogP contribution in [0.3, 0.4) is 0 Å². The van der Waals surface area contributed by atoms with Gasteiger partial charge in [-0.25, -0.2) is 0 Å². The van der Waals surface area contributed by atoms with Crippen LogP contribution in [0.2, 0.25) is 0 Å². The zero-order valence-corrected chi connectivity index (χ0v) is 6.32. The Morgan fingerprint density at radius 3 is 0.800 bits per heavy atom. The molecule has 5 heavy (non-hydrogen) atoms. The van der Waals surface area contributed by atoms with Crippen LogP contribution in [-0.4, -0.2) is 75.1 Å². The molecule has 0 aliphatic heterocycles. The molecule has 0 atom stereocenters. The largest absolute Gasteiger partial charge is 2.00 e. The van der Waals surface area contributed by atoms with E-state index >= 15 is 0 Å². The van der Waals surface area contributed by atoms with E-state index in [0.29, 0.717) is 0 Å². The van der Waals surface area contributed by atoms with Crippen molar-refractivity contribution in [3.05, 3.63) is 0 Å². The van der Waals surface area contributed by atoms with Gasteiger partial charge in [-0.1, -0.05) is 0 Å². The summed E-state index contributed by atoms with van der Waals surface area (Å²) in [6, 6.07) is 0. The van der Waals surface area contributed by atoms with Crippen molar-refractivity contribution in [3.63, 3.8) is 0 Å². The van der Waals surface area contributed by atoms with Crippen LogP contribution in [-0.2, 0) is 0 Å².